The van der Waals surface area contributed by atoms with Gasteiger partial charge >= 0.3 is 0 Å². The van der Waals surface area contributed by atoms with Gasteiger partial charge in [0.05, 0.1) is 13.2 Å². The number of hydrogen-bond donors (Lipinski definition) is 2. The summed E-state index contributed by atoms with van der Waals surface area (Å²) in [5.41, 5.74) is 7.35. The lowest BCUT2D eigenvalue weighted by molar-refractivity contribution is 0.0531. The van der Waals surface area contributed by atoms with E-state index in [9.17, 15) is 0 Å². The molecule has 0 radical (unpaired) electrons. The lowest BCUT2D eigenvalue weighted by Gasteiger charge is -2.36. The Labute approximate surface area is 152 Å². The summed E-state index contributed by atoms with van der Waals surface area (Å²) >= 11 is 0. The van der Waals surface area contributed by atoms with Crippen LogP contribution in [0.3, 0.4) is 0 Å². The first kappa shape index (κ1) is 19.6. The minimum absolute atomic E-state index is 0.00660. The van der Waals surface area contributed by atoms with E-state index in [4.69, 9.17) is 15.2 Å². The number of nitrogens with zero attached hydrogens (tertiary/aromatic N) is 1. The van der Waals surface area contributed by atoms with Crippen molar-refractivity contribution in [1.82, 2.24) is 5.32 Å². The summed E-state index contributed by atoms with van der Waals surface area (Å²) in [6.07, 6.45) is 3.02. The van der Waals surface area contributed by atoms with Gasteiger partial charge in [0, 0.05) is 25.2 Å². The summed E-state index contributed by atoms with van der Waals surface area (Å²) in [5, 5.41) is 3.22. The molecule has 3 N–H and O–H groups in total. The van der Waals surface area contributed by atoms with E-state index in [1.165, 1.54) is 5.56 Å². The Hall–Kier alpha value is -1.75. The first-order chi connectivity index (χ1) is 12.1. The van der Waals surface area contributed by atoms with Gasteiger partial charge in [0.2, 0.25) is 0 Å². The monoisotopic (exact) mass is 347 g/mol. The fraction of sp³-hybridized carbons (Fsp3) is 0.650. The zero-order valence-electron chi connectivity index (χ0n) is 15.9. The molecule has 0 atom stereocenters. The molecule has 2 rings (SSSR count). The number of benzene rings is 1. The van der Waals surface area contributed by atoms with E-state index in [0.29, 0.717) is 25.0 Å². The van der Waals surface area contributed by atoms with Crippen LogP contribution in [0.15, 0.2) is 29.3 Å². The minimum Gasteiger partial charge on any atom is -0.494 e. The van der Waals surface area contributed by atoms with E-state index < -0.39 is 0 Å². The molecule has 1 fully saturated rings. The van der Waals surface area contributed by atoms with Crippen molar-refractivity contribution in [3.8, 4) is 5.75 Å². The van der Waals surface area contributed by atoms with Crippen LogP contribution in [0, 0.1) is 5.92 Å². The van der Waals surface area contributed by atoms with Crippen molar-refractivity contribution in [3.63, 3.8) is 0 Å². The average molecular weight is 348 g/mol. The molecule has 1 aliphatic heterocycles. The quantitative estimate of drug-likeness (QED) is 0.560. The lowest BCUT2D eigenvalue weighted by Crippen LogP contribution is -2.39. The standard InChI is InChI=1S/C20H33N3O2/c1-4-25-18-7-5-17(6-8-18)20(10-13-24-14-11-20)15-23-19(21)22-12-9-16(2)3/h5-8,16H,4,9-15H2,1-3H3,(H3,21,22,23). The molecule has 1 aliphatic rings. The number of hydrogen-bond acceptors (Lipinski definition) is 3. The van der Waals surface area contributed by atoms with Gasteiger partial charge in [-0.3, -0.25) is 4.99 Å². The Morgan fingerprint density at radius 3 is 2.56 bits per heavy atom. The SMILES string of the molecule is CCOc1ccc(C2(CN=C(N)NCCC(C)C)CCOCC2)cc1. The van der Waals surface area contributed by atoms with Crippen LogP contribution in [0.2, 0.25) is 0 Å². The van der Waals surface area contributed by atoms with E-state index in [1.807, 2.05) is 19.1 Å². The minimum atomic E-state index is -0.00660. The zero-order chi connectivity index (χ0) is 18.1. The molecular weight excluding hydrogens is 314 g/mol. The van der Waals surface area contributed by atoms with Crippen LogP contribution in [-0.2, 0) is 10.2 Å². The second-order valence-corrected chi connectivity index (χ2v) is 7.16. The molecule has 1 saturated heterocycles. The molecule has 5 nitrogen and oxygen atoms in total. The molecule has 0 bridgehead atoms. The smallest absolute Gasteiger partial charge is 0.188 e. The number of guanidine groups is 1. The van der Waals surface area contributed by atoms with E-state index in [-0.39, 0.29) is 5.41 Å². The number of nitrogens with one attached hydrogen (secondary N) is 1. The lowest BCUT2D eigenvalue weighted by atomic mass is 9.74. The molecule has 0 unspecified atom stereocenters. The van der Waals surface area contributed by atoms with Crippen molar-refractivity contribution in [2.75, 3.05) is 32.9 Å². The van der Waals surface area contributed by atoms with Gasteiger partial charge in [-0.15, -0.1) is 0 Å². The zero-order valence-corrected chi connectivity index (χ0v) is 15.9. The van der Waals surface area contributed by atoms with Crippen LogP contribution in [0.25, 0.3) is 0 Å². The van der Waals surface area contributed by atoms with Gasteiger partial charge in [0.1, 0.15) is 5.75 Å². The number of aliphatic imine (C=N–C) groups is 1. The molecule has 5 heteroatoms. The van der Waals surface area contributed by atoms with Crippen molar-refractivity contribution in [3.05, 3.63) is 29.8 Å². The summed E-state index contributed by atoms with van der Waals surface area (Å²) in [7, 11) is 0. The predicted octanol–water partition coefficient (Wildman–Crippen LogP) is 3.08. The van der Waals surface area contributed by atoms with Crippen LogP contribution >= 0.6 is 0 Å². The summed E-state index contributed by atoms with van der Waals surface area (Å²) in [5.74, 6) is 2.11. The van der Waals surface area contributed by atoms with Crippen molar-refractivity contribution < 1.29 is 9.47 Å². The second kappa shape index (κ2) is 9.66. The number of rotatable bonds is 8. The van der Waals surface area contributed by atoms with Crippen LogP contribution in [0.1, 0.15) is 45.6 Å². The highest BCUT2D eigenvalue weighted by atomic mass is 16.5. The first-order valence-electron chi connectivity index (χ1n) is 9.40. The Balaban J connectivity index is 2.06. The Bertz CT molecular complexity index is 534. The molecule has 1 aromatic rings. The fourth-order valence-corrected chi connectivity index (χ4v) is 3.15. The highest BCUT2D eigenvalue weighted by Crippen LogP contribution is 2.36. The van der Waals surface area contributed by atoms with Gasteiger partial charge in [0.15, 0.2) is 5.96 Å². The Morgan fingerprint density at radius 2 is 1.96 bits per heavy atom. The first-order valence-corrected chi connectivity index (χ1v) is 9.40. The average Bonchev–Trinajstić information content (AvgIpc) is 2.61. The van der Waals surface area contributed by atoms with E-state index >= 15 is 0 Å². The molecule has 1 aromatic carbocycles. The van der Waals surface area contributed by atoms with Crippen molar-refractivity contribution in [1.29, 1.82) is 0 Å². The van der Waals surface area contributed by atoms with Gasteiger partial charge < -0.3 is 20.5 Å². The Morgan fingerprint density at radius 1 is 1.28 bits per heavy atom. The Kier molecular flexibility index (Phi) is 7.56. The fourth-order valence-electron chi connectivity index (χ4n) is 3.15. The predicted molar refractivity (Wildman–Crippen MR) is 103 cm³/mol. The van der Waals surface area contributed by atoms with Crippen LogP contribution in [-0.4, -0.2) is 38.9 Å². The molecule has 0 aromatic heterocycles. The normalized spacial score (nSPS) is 17.5. The molecule has 0 spiro atoms. The van der Waals surface area contributed by atoms with Crippen LogP contribution < -0.4 is 15.8 Å². The molecule has 0 aliphatic carbocycles. The van der Waals surface area contributed by atoms with E-state index in [0.717, 1.165) is 44.8 Å². The van der Waals surface area contributed by atoms with Gasteiger partial charge in [-0.25, -0.2) is 0 Å². The van der Waals surface area contributed by atoms with Crippen molar-refractivity contribution in [2.45, 2.75) is 45.4 Å². The van der Waals surface area contributed by atoms with Crippen LogP contribution in [0.4, 0.5) is 0 Å². The largest absolute Gasteiger partial charge is 0.494 e. The molecular formula is C20H33N3O2. The molecule has 1 heterocycles. The molecule has 140 valence electrons. The highest BCUT2D eigenvalue weighted by Gasteiger charge is 2.34. The van der Waals surface area contributed by atoms with Crippen molar-refractivity contribution >= 4 is 5.96 Å². The summed E-state index contributed by atoms with van der Waals surface area (Å²) in [4.78, 5) is 4.65. The van der Waals surface area contributed by atoms with Crippen molar-refractivity contribution in [2.24, 2.45) is 16.6 Å². The van der Waals surface area contributed by atoms with Gasteiger partial charge in [-0.1, -0.05) is 26.0 Å². The second-order valence-electron chi connectivity index (χ2n) is 7.16. The third-order valence-electron chi connectivity index (χ3n) is 4.81. The van der Waals surface area contributed by atoms with E-state index in [1.54, 1.807) is 0 Å². The summed E-state index contributed by atoms with van der Waals surface area (Å²) in [6, 6.07) is 8.41. The number of ether oxygens (including phenoxy) is 2. The van der Waals surface area contributed by atoms with E-state index in [2.05, 4.69) is 36.3 Å². The maximum absolute atomic E-state index is 6.07. The number of nitrogens with two attached hydrogens (primary N) is 1. The van der Waals surface area contributed by atoms with Gasteiger partial charge in [-0.2, -0.15) is 0 Å². The van der Waals surface area contributed by atoms with Gasteiger partial charge in [-0.05, 0) is 49.8 Å². The third-order valence-corrected chi connectivity index (χ3v) is 4.81. The topological polar surface area (TPSA) is 68.9 Å². The maximum Gasteiger partial charge on any atom is 0.188 e. The molecule has 25 heavy (non-hydrogen) atoms. The summed E-state index contributed by atoms with van der Waals surface area (Å²) in [6.45, 7) is 10.2. The third kappa shape index (κ3) is 5.92. The van der Waals surface area contributed by atoms with Crippen LogP contribution in [0.5, 0.6) is 5.75 Å². The summed E-state index contributed by atoms with van der Waals surface area (Å²) < 4.78 is 11.1. The highest BCUT2D eigenvalue weighted by molar-refractivity contribution is 5.77. The molecule has 0 saturated carbocycles. The maximum atomic E-state index is 6.07. The van der Waals surface area contributed by atoms with Gasteiger partial charge in [0.25, 0.3) is 0 Å². The molecule has 0 amide bonds.